The van der Waals surface area contributed by atoms with E-state index in [1.807, 2.05) is 67.6 Å². The van der Waals surface area contributed by atoms with Gasteiger partial charge in [-0.25, -0.2) is 0 Å². The van der Waals surface area contributed by atoms with E-state index in [1.54, 1.807) is 17.0 Å². The third-order valence-corrected chi connectivity index (χ3v) is 9.01. The minimum atomic E-state index is -0.620. The molecule has 0 spiro atoms. The fourth-order valence-electron chi connectivity index (χ4n) is 5.06. The van der Waals surface area contributed by atoms with Gasteiger partial charge >= 0.3 is 0 Å². The van der Waals surface area contributed by atoms with Crippen molar-refractivity contribution in [2.24, 2.45) is 0 Å². The van der Waals surface area contributed by atoms with Crippen LogP contribution in [0.25, 0.3) is 0 Å². The van der Waals surface area contributed by atoms with Gasteiger partial charge in [0.15, 0.2) is 0 Å². The number of rotatable bonds is 11. The van der Waals surface area contributed by atoms with Crippen LogP contribution in [0.3, 0.4) is 0 Å². The zero-order valence-electron chi connectivity index (χ0n) is 22.4. The number of carbonyl (C=O) groups excluding carboxylic acids is 2. The fourth-order valence-corrected chi connectivity index (χ4v) is 6.71. The van der Waals surface area contributed by atoms with Crippen LogP contribution in [0, 0.1) is 6.92 Å². The van der Waals surface area contributed by atoms with E-state index in [0.717, 1.165) is 47.9 Å². The van der Waals surface area contributed by atoms with Gasteiger partial charge in [-0.1, -0.05) is 103 Å². The van der Waals surface area contributed by atoms with Gasteiger partial charge in [0.1, 0.15) is 6.04 Å². The van der Waals surface area contributed by atoms with Crippen molar-refractivity contribution < 1.29 is 9.59 Å². The summed E-state index contributed by atoms with van der Waals surface area (Å²) >= 11 is 14.2. The second-order valence-electron chi connectivity index (χ2n) is 10.2. The third kappa shape index (κ3) is 8.51. The molecule has 0 aromatic heterocycles. The molecule has 1 atom stereocenters. The molecule has 206 valence electrons. The van der Waals surface area contributed by atoms with E-state index in [-0.39, 0.29) is 23.6 Å². The minimum absolute atomic E-state index is 0.0770. The summed E-state index contributed by atoms with van der Waals surface area (Å²) in [7, 11) is 0. The van der Waals surface area contributed by atoms with E-state index in [2.05, 4.69) is 5.32 Å². The Morgan fingerprint density at radius 3 is 2.28 bits per heavy atom. The molecule has 7 heteroatoms. The average Bonchev–Trinajstić information content (AvgIpc) is 2.94. The Morgan fingerprint density at radius 2 is 1.59 bits per heavy atom. The fraction of sp³-hybridized carbons (Fsp3) is 0.375. The summed E-state index contributed by atoms with van der Waals surface area (Å²) in [4.78, 5) is 29.6. The van der Waals surface area contributed by atoms with Gasteiger partial charge < -0.3 is 10.2 Å². The molecule has 4 nitrogen and oxygen atoms in total. The summed E-state index contributed by atoms with van der Waals surface area (Å²) in [5, 5.41) is 4.48. The molecule has 0 bridgehead atoms. The molecular formula is C32H36Cl2N2O2S. The normalized spacial score (nSPS) is 14.5. The molecule has 4 rings (SSSR count). The molecular weight excluding hydrogens is 547 g/mol. The lowest BCUT2D eigenvalue weighted by Crippen LogP contribution is -2.53. The number of thioether (sulfide) groups is 1. The van der Waals surface area contributed by atoms with Crippen molar-refractivity contribution in [1.29, 1.82) is 0 Å². The monoisotopic (exact) mass is 582 g/mol. The standard InChI is InChI=1S/C32H36Cl2N2O2S/c1-23-11-8-9-14-25(23)20-36(31(37)22-39-21-27-28(33)17-10-18-29(27)34)30(19-24-12-4-2-5-13-24)32(38)35-26-15-6-3-7-16-26/h2,4-5,8-14,17-18,26,30H,3,6-7,15-16,19-22H2,1H3,(H,35,38)/t30-/m1/s1. The molecule has 1 aliphatic carbocycles. The van der Waals surface area contributed by atoms with Crippen molar-refractivity contribution >= 4 is 46.8 Å². The van der Waals surface area contributed by atoms with Crippen molar-refractivity contribution in [3.63, 3.8) is 0 Å². The quantitative estimate of drug-likeness (QED) is 0.253. The zero-order chi connectivity index (χ0) is 27.6. The second kappa shape index (κ2) is 14.8. The highest BCUT2D eigenvalue weighted by atomic mass is 35.5. The zero-order valence-corrected chi connectivity index (χ0v) is 24.7. The van der Waals surface area contributed by atoms with Crippen molar-refractivity contribution in [2.75, 3.05) is 5.75 Å². The maximum Gasteiger partial charge on any atom is 0.243 e. The topological polar surface area (TPSA) is 49.4 Å². The van der Waals surface area contributed by atoms with Gasteiger partial charge in [-0.2, -0.15) is 0 Å². The van der Waals surface area contributed by atoms with E-state index >= 15 is 0 Å². The van der Waals surface area contributed by atoms with Crippen LogP contribution in [0.1, 0.15) is 54.4 Å². The summed E-state index contributed by atoms with van der Waals surface area (Å²) in [6.07, 6.45) is 5.90. The molecule has 0 saturated heterocycles. The summed E-state index contributed by atoms with van der Waals surface area (Å²) in [5.74, 6) is 0.577. The Bertz CT molecular complexity index is 1230. The first-order chi connectivity index (χ1) is 18.9. The van der Waals surface area contributed by atoms with Crippen molar-refractivity contribution in [3.05, 3.63) is 105 Å². The summed E-state index contributed by atoms with van der Waals surface area (Å²) in [6.45, 7) is 2.41. The Morgan fingerprint density at radius 1 is 0.923 bits per heavy atom. The number of carbonyl (C=O) groups is 2. The maximum atomic E-state index is 13.9. The number of halogens is 2. The summed E-state index contributed by atoms with van der Waals surface area (Å²) in [5.41, 5.74) is 3.98. The third-order valence-electron chi connectivity index (χ3n) is 7.36. The van der Waals surface area contributed by atoms with Gasteiger partial charge in [-0.05, 0) is 54.2 Å². The van der Waals surface area contributed by atoms with Crippen LogP contribution in [0.5, 0.6) is 0 Å². The first-order valence-corrected chi connectivity index (χ1v) is 15.5. The van der Waals surface area contributed by atoms with Crippen LogP contribution in [0.4, 0.5) is 0 Å². The SMILES string of the molecule is Cc1ccccc1CN(C(=O)CSCc1c(Cl)cccc1Cl)[C@H](Cc1ccccc1)C(=O)NC1CCCCC1. The Balaban J connectivity index is 1.59. The first kappa shape index (κ1) is 29.5. The molecule has 3 aromatic carbocycles. The molecule has 1 N–H and O–H groups in total. The van der Waals surface area contributed by atoms with Crippen LogP contribution in [-0.2, 0) is 28.3 Å². The maximum absolute atomic E-state index is 13.9. The number of nitrogens with one attached hydrogen (secondary N) is 1. The molecule has 0 aliphatic heterocycles. The van der Waals surface area contributed by atoms with E-state index < -0.39 is 6.04 Å². The van der Waals surface area contributed by atoms with Crippen molar-refractivity contribution in [1.82, 2.24) is 10.2 Å². The van der Waals surface area contributed by atoms with Crippen molar-refractivity contribution in [2.45, 2.75) is 69.8 Å². The van der Waals surface area contributed by atoms with E-state index in [1.165, 1.54) is 18.2 Å². The van der Waals surface area contributed by atoms with Gasteiger partial charge in [0, 0.05) is 34.8 Å². The lowest BCUT2D eigenvalue weighted by molar-refractivity contribution is -0.139. The molecule has 0 heterocycles. The highest BCUT2D eigenvalue weighted by molar-refractivity contribution is 7.99. The molecule has 0 unspecified atom stereocenters. The van der Waals surface area contributed by atoms with Gasteiger partial charge in [-0.3, -0.25) is 9.59 Å². The molecule has 39 heavy (non-hydrogen) atoms. The van der Waals surface area contributed by atoms with Crippen LogP contribution >= 0.6 is 35.0 Å². The average molecular weight is 584 g/mol. The van der Waals surface area contributed by atoms with Crippen LogP contribution < -0.4 is 5.32 Å². The first-order valence-electron chi connectivity index (χ1n) is 13.6. The Labute approximate surface area is 246 Å². The predicted octanol–water partition coefficient (Wildman–Crippen LogP) is 7.62. The highest BCUT2D eigenvalue weighted by Gasteiger charge is 2.32. The molecule has 3 aromatic rings. The Hall–Kier alpha value is -2.47. The summed E-state index contributed by atoms with van der Waals surface area (Å²) < 4.78 is 0. The number of benzene rings is 3. The van der Waals surface area contributed by atoms with Gasteiger partial charge in [0.25, 0.3) is 0 Å². The number of hydrogen-bond donors (Lipinski definition) is 1. The lowest BCUT2D eigenvalue weighted by atomic mass is 9.94. The van der Waals surface area contributed by atoms with E-state index in [0.29, 0.717) is 28.8 Å². The molecule has 1 saturated carbocycles. The lowest BCUT2D eigenvalue weighted by Gasteiger charge is -2.34. The molecule has 1 fully saturated rings. The van der Waals surface area contributed by atoms with Gasteiger partial charge in [0.05, 0.1) is 5.75 Å². The van der Waals surface area contributed by atoms with Gasteiger partial charge in [0.2, 0.25) is 11.8 Å². The van der Waals surface area contributed by atoms with Gasteiger partial charge in [-0.15, -0.1) is 11.8 Å². The van der Waals surface area contributed by atoms with Crippen LogP contribution in [0.15, 0.2) is 72.8 Å². The largest absolute Gasteiger partial charge is 0.352 e. The number of hydrogen-bond acceptors (Lipinski definition) is 3. The van der Waals surface area contributed by atoms with E-state index in [9.17, 15) is 9.59 Å². The van der Waals surface area contributed by atoms with Crippen LogP contribution in [-0.4, -0.2) is 34.6 Å². The van der Waals surface area contributed by atoms with Crippen molar-refractivity contribution in [3.8, 4) is 0 Å². The molecule has 2 amide bonds. The minimum Gasteiger partial charge on any atom is -0.352 e. The summed E-state index contributed by atoms with van der Waals surface area (Å²) in [6, 6.07) is 23.0. The second-order valence-corrected chi connectivity index (χ2v) is 12.0. The molecule has 0 radical (unpaired) electrons. The number of aryl methyl sites for hydroxylation is 1. The number of nitrogens with zero attached hydrogens (tertiary/aromatic N) is 1. The van der Waals surface area contributed by atoms with Crippen LogP contribution in [0.2, 0.25) is 10.0 Å². The molecule has 1 aliphatic rings. The Kier molecular flexibility index (Phi) is 11.2. The van der Waals surface area contributed by atoms with E-state index in [4.69, 9.17) is 23.2 Å². The highest BCUT2D eigenvalue weighted by Crippen LogP contribution is 2.29. The number of amides is 2. The smallest absolute Gasteiger partial charge is 0.243 e. The predicted molar refractivity (Wildman–Crippen MR) is 163 cm³/mol.